The lowest BCUT2D eigenvalue weighted by molar-refractivity contribution is -0.123. The number of methoxy groups -OCH3 is 1. The number of nitrogens with one attached hydrogen (secondary N) is 1. The summed E-state index contributed by atoms with van der Waals surface area (Å²) in [5, 5.41) is 2.75. The van der Waals surface area contributed by atoms with Gasteiger partial charge in [-0.1, -0.05) is 17.7 Å². The van der Waals surface area contributed by atoms with Gasteiger partial charge in [-0.15, -0.1) is 0 Å². The SMILES string of the molecule is COc1cc(C(=O)N(C)c2ccc(C)cc2)ccc1OCC(=O)NC(C)C. The van der Waals surface area contributed by atoms with E-state index in [0.29, 0.717) is 17.1 Å². The second-order valence-electron chi connectivity index (χ2n) is 6.58. The number of hydrogen-bond donors (Lipinski definition) is 1. The Morgan fingerprint density at radius 2 is 1.74 bits per heavy atom. The van der Waals surface area contributed by atoms with Gasteiger partial charge in [0.25, 0.3) is 11.8 Å². The Balaban J connectivity index is 2.13. The van der Waals surface area contributed by atoms with Gasteiger partial charge in [0.1, 0.15) is 0 Å². The fourth-order valence-corrected chi connectivity index (χ4v) is 2.51. The van der Waals surface area contributed by atoms with E-state index >= 15 is 0 Å². The summed E-state index contributed by atoms with van der Waals surface area (Å²) in [5.41, 5.74) is 2.40. The number of aryl methyl sites for hydroxylation is 1. The van der Waals surface area contributed by atoms with Crippen LogP contribution in [0.15, 0.2) is 42.5 Å². The molecule has 0 bridgehead atoms. The monoisotopic (exact) mass is 370 g/mol. The van der Waals surface area contributed by atoms with Gasteiger partial charge in [0, 0.05) is 24.3 Å². The van der Waals surface area contributed by atoms with Crippen LogP contribution in [-0.2, 0) is 4.79 Å². The summed E-state index contributed by atoms with van der Waals surface area (Å²) in [7, 11) is 3.22. The van der Waals surface area contributed by atoms with Crippen LogP contribution in [0, 0.1) is 6.92 Å². The maximum absolute atomic E-state index is 12.8. The highest BCUT2D eigenvalue weighted by atomic mass is 16.5. The largest absolute Gasteiger partial charge is 0.493 e. The quantitative estimate of drug-likeness (QED) is 0.813. The van der Waals surface area contributed by atoms with Crippen molar-refractivity contribution in [1.82, 2.24) is 5.32 Å². The molecule has 0 heterocycles. The van der Waals surface area contributed by atoms with E-state index in [0.717, 1.165) is 11.3 Å². The van der Waals surface area contributed by atoms with Crippen molar-refractivity contribution in [3.63, 3.8) is 0 Å². The lowest BCUT2D eigenvalue weighted by atomic mass is 10.1. The summed E-state index contributed by atoms with van der Waals surface area (Å²) in [6.45, 7) is 5.63. The molecule has 6 heteroatoms. The third kappa shape index (κ3) is 5.48. The number of rotatable bonds is 7. The van der Waals surface area contributed by atoms with E-state index in [-0.39, 0.29) is 24.5 Å². The lowest BCUT2D eigenvalue weighted by Gasteiger charge is -2.19. The Kier molecular flexibility index (Phi) is 6.82. The number of ether oxygens (including phenoxy) is 2. The normalized spacial score (nSPS) is 10.4. The molecule has 27 heavy (non-hydrogen) atoms. The Hall–Kier alpha value is -3.02. The van der Waals surface area contributed by atoms with Crippen LogP contribution in [-0.4, -0.2) is 38.6 Å². The minimum atomic E-state index is -0.216. The van der Waals surface area contributed by atoms with Crippen molar-refractivity contribution in [2.24, 2.45) is 0 Å². The maximum atomic E-state index is 12.8. The molecule has 0 aliphatic heterocycles. The number of carbonyl (C=O) groups is 2. The van der Waals surface area contributed by atoms with E-state index in [1.165, 1.54) is 7.11 Å². The van der Waals surface area contributed by atoms with Crippen molar-refractivity contribution < 1.29 is 19.1 Å². The highest BCUT2D eigenvalue weighted by Gasteiger charge is 2.17. The predicted molar refractivity (Wildman–Crippen MR) is 106 cm³/mol. The smallest absolute Gasteiger partial charge is 0.258 e. The van der Waals surface area contributed by atoms with Crippen molar-refractivity contribution in [3.05, 3.63) is 53.6 Å². The molecular weight excluding hydrogens is 344 g/mol. The number of benzene rings is 2. The predicted octanol–water partition coefficient (Wildman–Crippen LogP) is 3.18. The first-order valence-electron chi connectivity index (χ1n) is 8.76. The second-order valence-corrected chi connectivity index (χ2v) is 6.58. The summed E-state index contributed by atoms with van der Waals surface area (Å²) in [5.74, 6) is 0.425. The average molecular weight is 370 g/mol. The molecule has 0 spiro atoms. The van der Waals surface area contributed by atoms with Crippen molar-refractivity contribution in [2.75, 3.05) is 25.7 Å². The molecule has 1 N–H and O–H groups in total. The molecule has 2 rings (SSSR count). The first kappa shape index (κ1) is 20.3. The standard InChI is InChI=1S/C21H26N2O4/c1-14(2)22-20(24)13-27-18-11-8-16(12-19(18)26-5)21(25)23(4)17-9-6-15(3)7-10-17/h6-12,14H,13H2,1-5H3,(H,22,24). The van der Waals surface area contributed by atoms with Gasteiger partial charge >= 0.3 is 0 Å². The first-order chi connectivity index (χ1) is 12.8. The van der Waals surface area contributed by atoms with Crippen LogP contribution >= 0.6 is 0 Å². The van der Waals surface area contributed by atoms with Crippen LogP contribution < -0.4 is 19.7 Å². The molecule has 6 nitrogen and oxygen atoms in total. The average Bonchev–Trinajstić information content (AvgIpc) is 2.65. The fourth-order valence-electron chi connectivity index (χ4n) is 2.51. The zero-order valence-corrected chi connectivity index (χ0v) is 16.4. The molecule has 0 unspecified atom stereocenters. The van der Waals surface area contributed by atoms with Crippen LogP contribution in [0.5, 0.6) is 11.5 Å². The molecule has 0 atom stereocenters. The Bertz CT molecular complexity index is 800. The number of amides is 2. The van der Waals surface area contributed by atoms with Gasteiger partial charge in [0.15, 0.2) is 18.1 Å². The molecule has 2 amide bonds. The zero-order chi connectivity index (χ0) is 20.0. The minimum absolute atomic E-state index is 0.0419. The van der Waals surface area contributed by atoms with Crippen LogP contribution in [0.1, 0.15) is 29.8 Å². The Labute approximate surface area is 160 Å². The number of carbonyl (C=O) groups excluding carboxylic acids is 2. The third-order valence-electron chi connectivity index (χ3n) is 3.94. The molecule has 0 saturated heterocycles. The molecular formula is C21H26N2O4. The summed E-state index contributed by atoms with van der Waals surface area (Å²) in [4.78, 5) is 26.1. The highest BCUT2D eigenvalue weighted by molar-refractivity contribution is 6.06. The van der Waals surface area contributed by atoms with E-state index in [1.54, 1.807) is 30.1 Å². The molecule has 0 radical (unpaired) electrons. The summed E-state index contributed by atoms with van der Waals surface area (Å²) >= 11 is 0. The van der Waals surface area contributed by atoms with E-state index in [9.17, 15) is 9.59 Å². The molecule has 0 aliphatic rings. The molecule has 2 aromatic rings. The zero-order valence-electron chi connectivity index (χ0n) is 16.4. The van der Waals surface area contributed by atoms with E-state index in [4.69, 9.17) is 9.47 Å². The lowest BCUT2D eigenvalue weighted by Crippen LogP contribution is -2.34. The number of anilines is 1. The van der Waals surface area contributed by atoms with Crippen LogP contribution in [0.25, 0.3) is 0 Å². The molecule has 2 aromatic carbocycles. The van der Waals surface area contributed by atoms with Gasteiger partial charge in [-0.2, -0.15) is 0 Å². The maximum Gasteiger partial charge on any atom is 0.258 e. The van der Waals surface area contributed by atoms with Gasteiger partial charge < -0.3 is 19.7 Å². The summed E-state index contributed by atoms with van der Waals surface area (Å²) in [6, 6.07) is 12.7. The molecule has 0 aromatic heterocycles. The number of nitrogens with zero attached hydrogens (tertiary/aromatic N) is 1. The van der Waals surface area contributed by atoms with Crippen LogP contribution in [0.4, 0.5) is 5.69 Å². The number of hydrogen-bond acceptors (Lipinski definition) is 4. The van der Waals surface area contributed by atoms with Crippen LogP contribution in [0.3, 0.4) is 0 Å². The van der Waals surface area contributed by atoms with Crippen molar-refractivity contribution >= 4 is 17.5 Å². The molecule has 0 saturated carbocycles. The van der Waals surface area contributed by atoms with E-state index < -0.39 is 0 Å². The third-order valence-corrected chi connectivity index (χ3v) is 3.94. The molecule has 0 fully saturated rings. The fraction of sp³-hybridized carbons (Fsp3) is 0.333. The van der Waals surface area contributed by atoms with Crippen molar-refractivity contribution in [2.45, 2.75) is 26.8 Å². The topological polar surface area (TPSA) is 67.9 Å². The van der Waals surface area contributed by atoms with Gasteiger partial charge in [0.05, 0.1) is 7.11 Å². The van der Waals surface area contributed by atoms with Crippen molar-refractivity contribution in [3.8, 4) is 11.5 Å². The highest BCUT2D eigenvalue weighted by Crippen LogP contribution is 2.29. The first-order valence-corrected chi connectivity index (χ1v) is 8.76. The van der Waals surface area contributed by atoms with Crippen molar-refractivity contribution in [1.29, 1.82) is 0 Å². The second kappa shape index (κ2) is 9.07. The van der Waals surface area contributed by atoms with Gasteiger partial charge in [-0.3, -0.25) is 9.59 Å². The van der Waals surface area contributed by atoms with E-state index in [1.807, 2.05) is 45.0 Å². The Morgan fingerprint density at radius 3 is 2.33 bits per heavy atom. The van der Waals surface area contributed by atoms with Gasteiger partial charge in [-0.25, -0.2) is 0 Å². The summed E-state index contributed by atoms with van der Waals surface area (Å²) in [6.07, 6.45) is 0. The molecule has 0 aliphatic carbocycles. The minimum Gasteiger partial charge on any atom is -0.493 e. The van der Waals surface area contributed by atoms with Gasteiger partial charge in [-0.05, 0) is 51.1 Å². The van der Waals surface area contributed by atoms with E-state index in [2.05, 4.69) is 5.32 Å². The Morgan fingerprint density at radius 1 is 1.07 bits per heavy atom. The molecule has 144 valence electrons. The van der Waals surface area contributed by atoms with Gasteiger partial charge in [0.2, 0.25) is 0 Å². The summed E-state index contributed by atoms with van der Waals surface area (Å²) < 4.78 is 10.8. The van der Waals surface area contributed by atoms with Crippen LogP contribution in [0.2, 0.25) is 0 Å².